The van der Waals surface area contributed by atoms with Gasteiger partial charge in [-0.2, -0.15) is 0 Å². The number of piperazine rings is 1. The Morgan fingerprint density at radius 2 is 1.62 bits per heavy atom. The minimum absolute atomic E-state index is 0.315. The second kappa shape index (κ2) is 7.98. The fourth-order valence-corrected chi connectivity index (χ4v) is 4.59. The summed E-state index contributed by atoms with van der Waals surface area (Å²) in [6.45, 7) is 10.2. The van der Waals surface area contributed by atoms with E-state index in [9.17, 15) is 4.39 Å². The van der Waals surface area contributed by atoms with Crippen LogP contribution in [0, 0.1) is 26.6 Å². The van der Waals surface area contributed by atoms with E-state index in [4.69, 9.17) is 0 Å². The molecule has 0 spiro atoms. The van der Waals surface area contributed by atoms with Gasteiger partial charge in [0.1, 0.15) is 5.82 Å². The summed E-state index contributed by atoms with van der Waals surface area (Å²) in [6, 6.07) is 7.92. The zero-order valence-corrected chi connectivity index (χ0v) is 18.9. The normalized spacial score (nSPS) is 15.0. The first-order chi connectivity index (χ1) is 15.4. The van der Waals surface area contributed by atoms with Crippen molar-refractivity contribution in [1.29, 1.82) is 0 Å². The molecule has 6 nitrogen and oxygen atoms in total. The van der Waals surface area contributed by atoms with Crippen molar-refractivity contribution < 1.29 is 4.39 Å². The highest BCUT2D eigenvalue weighted by Gasteiger charge is 2.19. The zero-order valence-electron chi connectivity index (χ0n) is 18.9. The van der Waals surface area contributed by atoms with E-state index in [-0.39, 0.29) is 5.82 Å². The Morgan fingerprint density at radius 1 is 0.906 bits per heavy atom. The molecule has 0 amide bonds. The van der Waals surface area contributed by atoms with Crippen LogP contribution >= 0.6 is 0 Å². The van der Waals surface area contributed by atoms with E-state index in [1.165, 1.54) is 22.9 Å². The lowest BCUT2D eigenvalue weighted by Crippen LogP contribution is -2.45. The Labute approximate surface area is 187 Å². The maximum atomic E-state index is 14.1. The van der Waals surface area contributed by atoms with E-state index in [0.29, 0.717) is 11.3 Å². The standard InChI is InChI=1S/C25H27FN6/c1-15-9-18(10-16(2)24(15)32-7-5-31(4)6-8-32)23-12-20-21(14-28-25(20)30-29-23)19-11-22(26)17(3)27-13-19/h9-14H,5-8H2,1-4H3,(H,28,30). The fourth-order valence-electron chi connectivity index (χ4n) is 4.59. The summed E-state index contributed by atoms with van der Waals surface area (Å²) in [7, 11) is 2.17. The van der Waals surface area contributed by atoms with Crippen LogP contribution in [-0.2, 0) is 0 Å². The van der Waals surface area contributed by atoms with Crippen LogP contribution in [0.4, 0.5) is 10.1 Å². The minimum Gasteiger partial charge on any atom is -0.369 e. The van der Waals surface area contributed by atoms with Crippen LogP contribution < -0.4 is 4.90 Å². The number of aromatic amines is 1. The van der Waals surface area contributed by atoms with Crippen LogP contribution in [0.25, 0.3) is 33.4 Å². The van der Waals surface area contributed by atoms with Crippen LogP contribution in [0.2, 0.25) is 0 Å². The molecule has 1 aromatic carbocycles. The number of H-pyrrole nitrogens is 1. The summed E-state index contributed by atoms with van der Waals surface area (Å²) >= 11 is 0. The van der Waals surface area contributed by atoms with E-state index >= 15 is 0 Å². The number of aryl methyl sites for hydroxylation is 3. The predicted octanol–water partition coefficient (Wildman–Crippen LogP) is 4.50. The first-order valence-electron chi connectivity index (χ1n) is 10.9. The summed E-state index contributed by atoms with van der Waals surface area (Å²) in [5.41, 5.74) is 8.28. The number of fused-ring (bicyclic) bond motifs is 1. The first kappa shape index (κ1) is 20.6. The van der Waals surface area contributed by atoms with Gasteiger partial charge in [0.2, 0.25) is 0 Å². The van der Waals surface area contributed by atoms with Crippen molar-refractivity contribution in [1.82, 2.24) is 25.1 Å². The van der Waals surface area contributed by atoms with E-state index in [1.807, 2.05) is 12.3 Å². The van der Waals surface area contributed by atoms with Crippen molar-refractivity contribution in [3.05, 3.63) is 59.3 Å². The molecule has 1 fully saturated rings. The Bertz CT molecular complexity index is 1280. The van der Waals surface area contributed by atoms with Crippen LogP contribution in [0.5, 0.6) is 0 Å². The molecule has 5 rings (SSSR count). The summed E-state index contributed by atoms with van der Waals surface area (Å²) in [4.78, 5) is 12.2. The molecule has 0 radical (unpaired) electrons. The van der Waals surface area contributed by atoms with Crippen LogP contribution in [0.15, 0.2) is 36.7 Å². The molecular weight excluding hydrogens is 403 g/mol. The van der Waals surface area contributed by atoms with Gasteiger partial charge in [0.25, 0.3) is 0 Å². The smallest absolute Gasteiger partial charge is 0.160 e. The monoisotopic (exact) mass is 430 g/mol. The molecule has 0 aliphatic carbocycles. The van der Waals surface area contributed by atoms with Gasteiger partial charge in [0.15, 0.2) is 5.65 Å². The second-order valence-corrected chi connectivity index (χ2v) is 8.73. The SMILES string of the molecule is Cc1cc(-c2cc3c(-c4cnc(C)c(F)c4)c[nH]c3nn2)cc(C)c1N1CCN(C)CC1. The zero-order chi connectivity index (χ0) is 22.4. The Kier molecular flexibility index (Phi) is 5.13. The summed E-state index contributed by atoms with van der Waals surface area (Å²) < 4.78 is 14.1. The van der Waals surface area contributed by atoms with Gasteiger partial charge in [-0.25, -0.2) is 4.39 Å². The number of likely N-dealkylation sites (N-methyl/N-ethyl adjacent to an activating group) is 1. The van der Waals surface area contributed by atoms with E-state index in [0.717, 1.165) is 53.9 Å². The van der Waals surface area contributed by atoms with E-state index in [1.54, 1.807) is 13.1 Å². The van der Waals surface area contributed by atoms with Crippen LogP contribution in [0.3, 0.4) is 0 Å². The molecule has 0 unspecified atom stereocenters. The van der Waals surface area contributed by atoms with E-state index < -0.39 is 0 Å². The number of benzene rings is 1. The highest BCUT2D eigenvalue weighted by atomic mass is 19.1. The second-order valence-electron chi connectivity index (χ2n) is 8.73. The molecule has 164 valence electrons. The number of hydrogen-bond acceptors (Lipinski definition) is 5. The van der Waals surface area contributed by atoms with Crippen molar-refractivity contribution in [3.63, 3.8) is 0 Å². The molecule has 1 N–H and O–H groups in total. The summed E-state index contributed by atoms with van der Waals surface area (Å²) in [5, 5.41) is 9.75. The number of rotatable bonds is 3. The van der Waals surface area contributed by atoms with Gasteiger partial charge in [-0.15, -0.1) is 10.2 Å². The molecule has 3 aromatic heterocycles. The lowest BCUT2D eigenvalue weighted by Gasteiger charge is -2.36. The lowest BCUT2D eigenvalue weighted by atomic mass is 9.99. The van der Waals surface area contributed by atoms with Crippen molar-refractivity contribution >= 4 is 16.7 Å². The third kappa shape index (κ3) is 3.62. The van der Waals surface area contributed by atoms with Gasteiger partial charge in [-0.05, 0) is 63.2 Å². The Morgan fingerprint density at radius 3 is 2.31 bits per heavy atom. The third-order valence-corrected chi connectivity index (χ3v) is 6.38. The van der Waals surface area contributed by atoms with E-state index in [2.05, 4.69) is 63.0 Å². The number of pyridine rings is 1. The van der Waals surface area contributed by atoms with Gasteiger partial charge in [0.05, 0.1) is 11.4 Å². The maximum Gasteiger partial charge on any atom is 0.160 e. The number of anilines is 1. The van der Waals surface area contributed by atoms with Gasteiger partial charge < -0.3 is 14.8 Å². The van der Waals surface area contributed by atoms with Crippen LogP contribution in [-0.4, -0.2) is 58.3 Å². The quantitative estimate of drug-likeness (QED) is 0.518. The number of hydrogen-bond donors (Lipinski definition) is 1. The van der Waals surface area contributed by atoms with Crippen molar-refractivity contribution in [3.8, 4) is 22.4 Å². The molecule has 0 atom stereocenters. The molecule has 1 aliphatic heterocycles. The average molecular weight is 431 g/mol. The highest BCUT2D eigenvalue weighted by Crippen LogP contribution is 2.34. The number of halogens is 1. The van der Waals surface area contributed by atoms with Gasteiger partial charge in [0, 0.05) is 66.3 Å². The Balaban J connectivity index is 1.54. The summed E-state index contributed by atoms with van der Waals surface area (Å²) in [5.74, 6) is -0.315. The molecular formula is C25H27FN6. The summed E-state index contributed by atoms with van der Waals surface area (Å²) in [6.07, 6.45) is 3.53. The highest BCUT2D eigenvalue weighted by molar-refractivity contribution is 5.95. The van der Waals surface area contributed by atoms with Crippen molar-refractivity contribution in [2.75, 3.05) is 38.1 Å². The molecule has 32 heavy (non-hydrogen) atoms. The van der Waals surface area contributed by atoms with Crippen molar-refractivity contribution in [2.45, 2.75) is 20.8 Å². The topological polar surface area (TPSA) is 60.9 Å². The maximum absolute atomic E-state index is 14.1. The molecule has 0 saturated carbocycles. The number of nitrogens with one attached hydrogen (secondary N) is 1. The van der Waals surface area contributed by atoms with Gasteiger partial charge in [-0.1, -0.05) is 0 Å². The fraction of sp³-hybridized carbons (Fsp3) is 0.320. The molecule has 4 heterocycles. The first-order valence-corrected chi connectivity index (χ1v) is 10.9. The predicted molar refractivity (Wildman–Crippen MR) is 126 cm³/mol. The minimum atomic E-state index is -0.315. The van der Waals surface area contributed by atoms with Crippen molar-refractivity contribution in [2.24, 2.45) is 0 Å². The average Bonchev–Trinajstić information content (AvgIpc) is 3.20. The largest absolute Gasteiger partial charge is 0.369 e. The molecule has 4 aromatic rings. The third-order valence-electron chi connectivity index (χ3n) is 6.38. The molecule has 1 aliphatic rings. The Hall–Kier alpha value is -3.32. The van der Waals surface area contributed by atoms with Gasteiger partial charge in [-0.3, -0.25) is 4.98 Å². The molecule has 0 bridgehead atoms. The van der Waals surface area contributed by atoms with Gasteiger partial charge >= 0.3 is 0 Å². The molecule has 7 heteroatoms. The molecule has 1 saturated heterocycles. The van der Waals surface area contributed by atoms with Crippen LogP contribution in [0.1, 0.15) is 16.8 Å². The number of nitrogens with zero attached hydrogens (tertiary/aromatic N) is 5. The number of aromatic nitrogens is 4. The lowest BCUT2D eigenvalue weighted by molar-refractivity contribution is 0.312.